The number of carbonyl (C=O) groups excluding carboxylic acids is 2. The van der Waals surface area contributed by atoms with Gasteiger partial charge < -0.3 is 10.4 Å². The third-order valence-corrected chi connectivity index (χ3v) is 6.08. The van der Waals surface area contributed by atoms with E-state index in [0.29, 0.717) is 27.5 Å². The number of nitrogens with one attached hydrogen (secondary N) is 1. The van der Waals surface area contributed by atoms with Gasteiger partial charge in [-0.25, -0.2) is 14.3 Å². The van der Waals surface area contributed by atoms with Gasteiger partial charge in [-0.15, -0.1) is 11.3 Å². The molecule has 0 bridgehead atoms. The van der Waals surface area contributed by atoms with Crippen molar-refractivity contribution < 1.29 is 19.5 Å². The minimum absolute atomic E-state index is 0.0653. The van der Waals surface area contributed by atoms with E-state index in [9.17, 15) is 19.5 Å². The van der Waals surface area contributed by atoms with E-state index in [1.807, 2.05) is 17.5 Å². The fraction of sp³-hybridized carbons (Fsp3) is 0. The molecule has 0 saturated carbocycles. The molecule has 0 radical (unpaired) electrons. The fourth-order valence-electron chi connectivity index (χ4n) is 3.63. The largest absolute Gasteiger partial charge is 0.478 e. The van der Waals surface area contributed by atoms with Crippen molar-refractivity contribution in [2.75, 3.05) is 5.32 Å². The molecule has 9 heteroatoms. The molecule has 34 heavy (non-hydrogen) atoms. The normalized spacial score (nSPS) is 10.8. The molecule has 1 amide bonds. The Labute approximate surface area is 197 Å². The van der Waals surface area contributed by atoms with Crippen LogP contribution in [-0.2, 0) is 0 Å². The summed E-state index contributed by atoms with van der Waals surface area (Å²) in [5.41, 5.74) is 2.71. The van der Waals surface area contributed by atoms with Crippen LogP contribution in [0.1, 0.15) is 36.0 Å². The first-order valence-electron chi connectivity index (χ1n) is 10.2. The Bertz CT molecular complexity index is 1560. The van der Waals surface area contributed by atoms with Crippen LogP contribution in [0.3, 0.4) is 0 Å². The molecule has 0 saturated heterocycles. The summed E-state index contributed by atoms with van der Waals surface area (Å²) in [6.07, 6.45) is 3.11. The van der Waals surface area contributed by atoms with Gasteiger partial charge >= 0.3 is 5.97 Å². The fourth-order valence-corrected chi connectivity index (χ4v) is 4.31. The van der Waals surface area contributed by atoms with Gasteiger partial charge in [0, 0.05) is 17.4 Å². The lowest BCUT2D eigenvalue weighted by Gasteiger charge is -2.10. The monoisotopic (exact) mass is 468 g/mol. The second-order valence-corrected chi connectivity index (χ2v) is 8.26. The van der Waals surface area contributed by atoms with E-state index >= 15 is 0 Å². The predicted molar refractivity (Wildman–Crippen MR) is 128 cm³/mol. The average molecular weight is 468 g/mol. The van der Waals surface area contributed by atoms with Crippen LogP contribution in [-0.4, -0.2) is 37.4 Å². The molecule has 0 aliphatic heterocycles. The van der Waals surface area contributed by atoms with Crippen molar-refractivity contribution >= 4 is 40.3 Å². The molecule has 0 spiro atoms. The van der Waals surface area contributed by atoms with Gasteiger partial charge in [-0.3, -0.25) is 9.59 Å². The zero-order chi connectivity index (χ0) is 23.7. The average Bonchev–Trinajstić information content (AvgIpc) is 3.54. The zero-order valence-electron chi connectivity index (χ0n) is 17.5. The number of ketones is 1. The first-order chi connectivity index (χ1) is 16.5. The number of carbonyl (C=O) groups is 3. The summed E-state index contributed by atoms with van der Waals surface area (Å²) in [5.74, 6) is -1.85. The molecule has 166 valence electrons. The molecule has 2 N–H and O–H groups in total. The summed E-state index contributed by atoms with van der Waals surface area (Å²) in [6, 6.07) is 18.4. The SMILES string of the molecule is O=C(O)c1ccccc1C(=O)Nc1cccc(-c2ccnc3c(C(=O)c4cccs4)cnn23)c1. The van der Waals surface area contributed by atoms with Crippen molar-refractivity contribution in [3.63, 3.8) is 0 Å². The van der Waals surface area contributed by atoms with E-state index in [0.717, 1.165) is 5.56 Å². The van der Waals surface area contributed by atoms with Crippen molar-refractivity contribution in [3.05, 3.63) is 106 Å². The van der Waals surface area contributed by atoms with Crippen molar-refractivity contribution in [2.45, 2.75) is 0 Å². The molecule has 0 atom stereocenters. The Morgan fingerprint density at radius 2 is 1.74 bits per heavy atom. The van der Waals surface area contributed by atoms with E-state index in [1.165, 1.54) is 29.7 Å². The quantitative estimate of drug-likeness (QED) is 0.351. The lowest BCUT2D eigenvalue weighted by Crippen LogP contribution is -2.16. The maximum absolute atomic E-state index is 12.8. The van der Waals surface area contributed by atoms with Crippen LogP contribution in [0.5, 0.6) is 0 Å². The van der Waals surface area contributed by atoms with Crippen LogP contribution < -0.4 is 5.32 Å². The van der Waals surface area contributed by atoms with Gasteiger partial charge in [0.25, 0.3) is 5.91 Å². The highest BCUT2D eigenvalue weighted by molar-refractivity contribution is 7.12. The topological polar surface area (TPSA) is 114 Å². The van der Waals surface area contributed by atoms with E-state index < -0.39 is 11.9 Å². The number of aromatic nitrogens is 3. The number of carboxylic acid groups (broad SMARTS) is 1. The minimum Gasteiger partial charge on any atom is -0.478 e. The molecule has 0 aliphatic rings. The number of hydrogen-bond acceptors (Lipinski definition) is 6. The second kappa shape index (κ2) is 8.72. The van der Waals surface area contributed by atoms with Gasteiger partial charge in [-0.05, 0) is 41.8 Å². The Morgan fingerprint density at radius 1 is 0.912 bits per heavy atom. The lowest BCUT2D eigenvalue weighted by molar-refractivity contribution is 0.0692. The maximum atomic E-state index is 12.8. The number of hydrogen-bond donors (Lipinski definition) is 2. The summed E-state index contributed by atoms with van der Waals surface area (Å²) < 4.78 is 1.58. The number of thiophene rings is 1. The van der Waals surface area contributed by atoms with Gasteiger partial charge in [0.05, 0.1) is 33.5 Å². The van der Waals surface area contributed by atoms with E-state index in [2.05, 4.69) is 15.4 Å². The number of anilines is 1. The highest BCUT2D eigenvalue weighted by atomic mass is 32.1. The maximum Gasteiger partial charge on any atom is 0.336 e. The van der Waals surface area contributed by atoms with Gasteiger partial charge in [0.15, 0.2) is 5.65 Å². The number of fused-ring (bicyclic) bond motifs is 1. The number of carboxylic acids is 1. The van der Waals surface area contributed by atoms with Crippen molar-refractivity contribution in [2.24, 2.45) is 0 Å². The van der Waals surface area contributed by atoms with Crippen molar-refractivity contribution in [3.8, 4) is 11.3 Å². The summed E-state index contributed by atoms with van der Waals surface area (Å²) in [7, 11) is 0. The molecule has 2 aromatic carbocycles. The summed E-state index contributed by atoms with van der Waals surface area (Å²) in [5, 5.41) is 18.3. The Balaban J connectivity index is 1.48. The molecule has 0 fully saturated rings. The van der Waals surface area contributed by atoms with Crippen LogP contribution in [0.25, 0.3) is 16.9 Å². The van der Waals surface area contributed by atoms with E-state index in [4.69, 9.17) is 0 Å². The van der Waals surface area contributed by atoms with Gasteiger partial charge in [0.1, 0.15) is 0 Å². The Morgan fingerprint density at radius 3 is 2.50 bits per heavy atom. The van der Waals surface area contributed by atoms with Crippen LogP contribution >= 0.6 is 11.3 Å². The molecule has 5 rings (SSSR count). The van der Waals surface area contributed by atoms with Gasteiger partial charge in [-0.1, -0.05) is 30.3 Å². The highest BCUT2D eigenvalue weighted by Gasteiger charge is 2.19. The number of rotatable bonds is 6. The molecule has 3 heterocycles. The van der Waals surface area contributed by atoms with Crippen LogP contribution in [0, 0.1) is 0 Å². The number of benzene rings is 2. The van der Waals surface area contributed by atoms with Crippen LogP contribution in [0.15, 0.2) is 84.5 Å². The minimum atomic E-state index is -1.18. The van der Waals surface area contributed by atoms with Gasteiger partial charge in [-0.2, -0.15) is 5.10 Å². The molecule has 5 aromatic rings. The van der Waals surface area contributed by atoms with E-state index in [-0.39, 0.29) is 16.9 Å². The van der Waals surface area contributed by atoms with Crippen molar-refractivity contribution in [1.29, 1.82) is 0 Å². The Kier molecular flexibility index (Phi) is 5.44. The number of nitrogens with zero attached hydrogens (tertiary/aromatic N) is 3. The summed E-state index contributed by atoms with van der Waals surface area (Å²) in [6.45, 7) is 0. The first-order valence-corrected chi connectivity index (χ1v) is 11.1. The molecule has 0 unspecified atom stereocenters. The van der Waals surface area contributed by atoms with Crippen molar-refractivity contribution in [1.82, 2.24) is 14.6 Å². The Hall–Kier alpha value is -4.63. The van der Waals surface area contributed by atoms with Crippen LogP contribution in [0.2, 0.25) is 0 Å². The zero-order valence-corrected chi connectivity index (χ0v) is 18.3. The molecular formula is C25H16N4O4S. The standard InChI is InChI=1S/C25H16N4O4S/c30-22(21-9-4-12-34-21)19-14-27-29-20(10-11-26-23(19)29)15-5-3-6-16(13-15)28-24(31)17-7-1-2-8-18(17)25(32)33/h1-14H,(H,28,31)(H,32,33). The molecule has 0 aliphatic carbocycles. The third-order valence-electron chi connectivity index (χ3n) is 5.21. The highest BCUT2D eigenvalue weighted by Crippen LogP contribution is 2.26. The van der Waals surface area contributed by atoms with Crippen LogP contribution in [0.4, 0.5) is 5.69 Å². The number of amides is 1. The van der Waals surface area contributed by atoms with E-state index in [1.54, 1.807) is 53.2 Å². The van der Waals surface area contributed by atoms with Gasteiger partial charge in [0.2, 0.25) is 5.78 Å². The second-order valence-electron chi connectivity index (χ2n) is 7.32. The predicted octanol–water partition coefficient (Wildman–Crippen LogP) is 4.64. The molecule has 8 nitrogen and oxygen atoms in total. The molecular weight excluding hydrogens is 452 g/mol. The lowest BCUT2D eigenvalue weighted by atomic mass is 10.1. The first kappa shape index (κ1) is 21.2. The smallest absolute Gasteiger partial charge is 0.336 e. The number of aromatic carboxylic acids is 1. The summed E-state index contributed by atoms with van der Waals surface area (Å²) >= 11 is 1.36. The third kappa shape index (κ3) is 3.84. The molecule has 3 aromatic heterocycles. The summed E-state index contributed by atoms with van der Waals surface area (Å²) in [4.78, 5) is 42.0.